The van der Waals surface area contributed by atoms with Gasteiger partial charge in [-0.05, 0) is 42.5 Å². The van der Waals surface area contributed by atoms with E-state index in [-0.39, 0.29) is 5.91 Å². The van der Waals surface area contributed by atoms with E-state index in [0.717, 1.165) is 22.7 Å². The highest BCUT2D eigenvalue weighted by atomic mass is 16.5. The molecule has 1 aliphatic heterocycles. The SMILES string of the molecule is COc1ccc(-c2cc(C(=O)N3CC(c4ccccn4)C3)[nH]n2)cc1. The molecule has 0 radical (unpaired) electrons. The Morgan fingerprint density at radius 3 is 2.68 bits per heavy atom. The number of carbonyl (C=O) groups is 1. The first-order chi connectivity index (χ1) is 12.2. The molecule has 3 aromatic rings. The summed E-state index contributed by atoms with van der Waals surface area (Å²) in [6, 6.07) is 15.3. The summed E-state index contributed by atoms with van der Waals surface area (Å²) >= 11 is 0. The average molecular weight is 334 g/mol. The number of hydrogen-bond donors (Lipinski definition) is 1. The highest BCUT2D eigenvalue weighted by Crippen LogP contribution is 2.27. The predicted molar refractivity (Wildman–Crippen MR) is 93.5 cm³/mol. The molecule has 25 heavy (non-hydrogen) atoms. The molecule has 0 bridgehead atoms. The molecule has 0 spiro atoms. The summed E-state index contributed by atoms with van der Waals surface area (Å²) in [7, 11) is 1.63. The molecular weight excluding hydrogens is 316 g/mol. The number of nitrogens with one attached hydrogen (secondary N) is 1. The molecule has 1 aromatic carbocycles. The highest BCUT2D eigenvalue weighted by molar-refractivity contribution is 5.94. The number of benzene rings is 1. The van der Waals surface area contributed by atoms with Crippen molar-refractivity contribution in [2.75, 3.05) is 20.2 Å². The van der Waals surface area contributed by atoms with Gasteiger partial charge >= 0.3 is 0 Å². The van der Waals surface area contributed by atoms with Crippen LogP contribution in [0.5, 0.6) is 5.75 Å². The van der Waals surface area contributed by atoms with Gasteiger partial charge in [-0.25, -0.2) is 0 Å². The molecule has 6 nitrogen and oxygen atoms in total. The van der Waals surface area contributed by atoms with Crippen LogP contribution in [0.1, 0.15) is 22.1 Å². The summed E-state index contributed by atoms with van der Waals surface area (Å²) in [5, 5.41) is 7.10. The van der Waals surface area contributed by atoms with E-state index in [1.807, 2.05) is 47.4 Å². The minimum atomic E-state index is -0.0283. The third kappa shape index (κ3) is 2.98. The summed E-state index contributed by atoms with van der Waals surface area (Å²) in [6.07, 6.45) is 1.79. The van der Waals surface area contributed by atoms with E-state index in [2.05, 4.69) is 15.2 Å². The van der Waals surface area contributed by atoms with E-state index >= 15 is 0 Å². The number of hydrogen-bond acceptors (Lipinski definition) is 4. The van der Waals surface area contributed by atoms with Gasteiger partial charge in [0.05, 0.1) is 12.8 Å². The normalized spacial score (nSPS) is 14.2. The van der Waals surface area contributed by atoms with Gasteiger partial charge in [-0.15, -0.1) is 0 Å². The maximum absolute atomic E-state index is 12.6. The van der Waals surface area contributed by atoms with E-state index in [1.165, 1.54) is 0 Å². The van der Waals surface area contributed by atoms with Crippen LogP contribution < -0.4 is 4.74 Å². The Kier molecular flexibility index (Phi) is 3.93. The summed E-state index contributed by atoms with van der Waals surface area (Å²) in [5.74, 6) is 1.07. The Balaban J connectivity index is 1.43. The van der Waals surface area contributed by atoms with E-state index in [1.54, 1.807) is 19.4 Å². The van der Waals surface area contributed by atoms with E-state index in [4.69, 9.17) is 4.74 Å². The number of carbonyl (C=O) groups excluding carboxylic acids is 1. The van der Waals surface area contributed by atoms with Gasteiger partial charge in [-0.1, -0.05) is 6.07 Å². The fraction of sp³-hybridized carbons (Fsp3) is 0.211. The fourth-order valence-electron chi connectivity index (χ4n) is 2.96. The summed E-state index contributed by atoms with van der Waals surface area (Å²) in [6.45, 7) is 1.37. The molecule has 1 N–H and O–H groups in total. The third-order valence-corrected chi connectivity index (χ3v) is 4.47. The largest absolute Gasteiger partial charge is 0.497 e. The smallest absolute Gasteiger partial charge is 0.271 e. The van der Waals surface area contributed by atoms with Crippen LogP contribution >= 0.6 is 0 Å². The van der Waals surface area contributed by atoms with Gasteiger partial charge in [-0.2, -0.15) is 5.10 Å². The van der Waals surface area contributed by atoms with Gasteiger partial charge in [0, 0.05) is 36.5 Å². The average Bonchev–Trinajstić information content (AvgIpc) is 3.11. The van der Waals surface area contributed by atoms with Gasteiger partial charge in [0.25, 0.3) is 5.91 Å². The molecule has 2 aromatic heterocycles. The topological polar surface area (TPSA) is 71.1 Å². The minimum Gasteiger partial charge on any atom is -0.497 e. The zero-order chi connectivity index (χ0) is 17.2. The van der Waals surface area contributed by atoms with Gasteiger partial charge in [0.15, 0.2) is 0 Å². The first kappa shape index (κ1) is 15.4. The van der Waals surface area contributed by atoms with Crippen molar-refractivity contribution in [2.24, 2.45) is 0 Å². The Labute approximate surface area is 145 Å². The lowest BCUT2D eigenvalue weighted by molar-refractivity contribution is 0.0592. The molecule has 3 heterocycles. The zero-order valence-corrected chi connectivity index (χ0v) is 13.8. The van der Waals surface area contributed by atoms with Gasteiger partial charge < -0.3 is 9.64 Å². The predicted octanol–water partition coefficient (Wildman–Crippen LogP) is 2.72. The maximum Gasteiger partial charge on any atom is 0.271 e. The summed E-state index contributed by atoms with van der Waals surface area (Å²) < 4.78 is 5.15. The molecule has 0 aliphatic carbocycles. The Bertz CT molecular complexity index is 868. The van der Waals surface area contributed by atoms with Crippen molar-refractivity contribution >= 4 is 5.91 Å². The fourth-order valence-corrected chi connectivity index (χ4v) is 2.96. The number of aromatic amines is 1. The van der Waals surface area contributed by atoms with Crippen molar-refractivity contribution in [3.63, 3.8) is 0 Å². The molecule has 126 valence electrons. The molecule has 4 rings (SSSR count). The zero-order valence-electron chi connectivity index (χ0n) is 13.8. The highest BCUT2D eigenvalue weighted by Gasteiger charge is 2.33. The minimum absolute atomic E-state index is 0.0283. The maximum atomic E-state index is 12.6. The van der Waals surface area contributed by atoms with Crippen LogP contribution in [-0.4, -0.2) is 46.2 Å². The van der Waals surface area contributed by atoms with Crippen molar-refractivity contribution in [3.8, 4) is 17.0 Å². The number of amides is 1. The van der Waals surface area contributed by atoms with Gasteiger partial charge in [0.1, 0.15) is 11.4 Å². The second kappa shape index (κ2) is 6.39. The van der Waals surface area contributed by atoms with Crippen molar-refractivity contribution in [3.05, 3.63) is 66.1 Å². The molecule has 0 atom stereocenters. The van der Waals surface area contributed by atoms with Crippen molar-refractivity contribution in [1.29, 1.82) is 0 Å². The van der Waals surface area contributed by atoms with Crippen molar-refractivity contribution < 1.29 is 9.53 Å². The van der Waals surface area contributed by atoms with Gasteiger partial charge in [-0.3, -0.25) is 14.9 Å². The Hall–Kier alpha value is -3.15. The Morgan fingerprint density at radius 1 is 1.20 bits per heavy atom. The van der Waals surface area contributed by atoms with Crippen LogP contribution in [0.25, 0.3) is 11.3 Å². The number of likely N-dealkylation sites (tertiary alicyclic amines) is 1. The van der Waals surface area contributed by atoms with Crippen LogP contribution in [0, 0.1) is 0 Å². The molecule has 0 saturated carbocycles. The standard InChI is InChI=1S/C19H18N4O2/c1-25-15-7-5-13(6-8-15)17-10-18(22-21-17)19(24)23-11-14(12-23)16-4-2-3-9-20-16/h2-10,14H,11-12H2,1H3,(H,21,22). The number of H-pyrrole nitrogens is 1. The molecule has 1 fully saturated rings. The first-order valence-corrected chi connectivity index (χ1v) is 8.14. The lowest BCUT2D eigenvalue weighted by Crippen LogP contribution is -2.48. The third-order valence-electron chi connectivity index (χ3n) is 4.47. The van der Waals surface area contributed by atoms with Gasteiger partial charge in [0.2, 0.25) is 0 Å². The summed E-state index contributed by atoms with van der Waals surface area (Å²) in [4.78, 5) is 18.7. The second-order valence-corrected chi connectivity index (χ2v) is 6.06. The van der Waals surface area contributed by atoms with Crippen LogP contribution in [0.4, 0.5) is 0 Å². The lowest BCUT2D eigenvalue weighted by atomic mass is 9.95. The number of methoxy groups -OCH3 is 1. The van der Waals surface area contributed by atoms with Crippen LogP contribution in [0.3, 0.4) is 0 Å². The molecule has 1 saturated heterocycles. The number of nitrogens with zero attached hydrogens (tertiary/aromatic N) is 3. The van der Waals surface area contributed by atoms with Crippen LogP contribution in [-0.2, 0) is 0 Å². The number of aromatic nitrogens is 3. The lowest BCUT2D eigenvalue weighted by Gasteiger charge is -2.38. The monoisotopic (exact) mass is 334 g/mol. The molecular formula is C19H18N4O2. The van der Waals surface area contributed by atoms with Crippen molar-refractivity contribution in [1.82, 2.24) is 20.1 Å². The van der Waals surface area contributed by atoms with E-state index in [9.17, 15) is 4.79 Å². The quantitative estimate of drug-likeness (QED) is 0.796. The molecule has 1 amide bonds. The number of rotatable bonds is 4. The molecule has 1 aliphatic rings. The number of pyridine rings is 1. The van der Waals surface area contributed by atoms with Crippen LogP contribution in [0.15, 0.2) is 54.7 Å². The number of ether oxygens (including phenoxy) is 1. The second-order valence-electron chi connectivity index (χ2n) is 6.06. The van der Waals surface area contributed by atoms with E-state index in [0.29, 0.717) is 24.7 Å². The molecule has 6 heteroatoms. The first-order valence-electron chi connectivity index (χ1n) is 8.14. The van der Waals surface area contributed by atoms with E-state index < -0.39 is 0 Å². The van der Waals surface area contributed by atoms with Crippen LogP contribution in [0.2, 0.25) is 0 Å². The summed E-state index contributed by atoms with van der Waals surface area (Å²) in [5.41, 5.74) is 3.22. The molecule has 0 unspecified atom stereocenters. The van der Waals surface area contributed by atoms with Crippen molar-refractivity contribution in [2.45, 2.75) is 5.92 Å². The Morgan fingerprint density at radius 2 is 2.00 bits per heavy atom.